The molecule has 0 fully saturated rings. The van der Waals surface area contributed by atoms with E-state index in [0.29, 0.717) is 12.2 Å². The zero-order valence-corrected chi connectivity index (χ0v) is 16.7. The Balaban J connectivity index is 2.15. The molecule has 3 aromatic rings. The normalized spacial score (nSPS) is 10.7. The Kier molecular flexibility index (Phi) is 6.34. The van der Waals surface area contributed by atoms with Crippen LogP contribution in [0, 0.1) is 10.1 Å². The van der Waals surface area contributed by atoms with Crippen LogP contribution in [0.5, 0.6) is 0 Å². The SMILES string of the molecule is CCCCn1c(N)c(N(Cc2ccco2)C(=O)c2cccc([N+](=O)[O-])c2)c(=O)[nH]c1=O. The minimum absolute atomic E-state index is 0.0223. The van der Waals surface area contributed by atoms with Crippen molar-refractivity contribution in [1.82, 2.24) is 9.55 Å². The number of nitro groups is 1. The Morgan fingerprint density at radius 2 is 2.06 bits per heavy atom. The topological polar surface area (TPSA) is 157 Å². The summed E-state index contributed by atoms with van der Waals surface area (Å²) in [4.78, 5) is 52.0. The molecule has 0 atom stereocenters. The van der Waals surface area contributed by atoms with Crippen LogP contribution in [0.15, 0.2) is 56.7 Å². The van der Waals surface area contributed by atoms with Crippen LogP contribution >= 0.6 is 0 Å². The highest BCUT2D eigenvalue weighted by molar-refractivity contribution is 6.07. The molecule has 0 radical (unpaired) electrons. The largest absolute Gasteiger partial charge is 0.467 e. The fourth-order valence-electron chi connectivity index (χ4n) is 3.10. The summed E-state index contributed by atoms with van der Waals surface area (Å²) in [6.45, 7) is 2.02. The summed E-state index contributed by atoms with van der Waals surface area (Å²) >= 11 is 0. The molecule has 0 spiro atoms. The Labute approximate surface area is 175 Å². The van der Waals surface area contributed by atoms with Gasteiger partial charge in [0.1, 0.15) is 11.6 Å². The maximum atomic E-state index is 13.3. The first-order valence-electron chi connectivity index (χ1n) is 9.54. The first kappa shape index (κ1) is 21.6. The van der Waals surface area contributed by atoms with Gasteiger partial charge < -0.3 is 10.2 Å². The molecular formula is C20H21N5O6. The predicted octanol–water partition coefficient (Wildman–Crippen LogP) is 2.27. The van der Waals surface area contributed by atoms with Crippen LogP contribution < -0.4 is 21.9 Å². The Hall–Kier alpha value is -4.15. The van der Waals surface area contributed by atoms with Crippen LogP contribution in [0.3, 0.4) is 0 Å². The van der Waals surface area contributed by atoms with E-state index in [1.807, 2.05) is 6.92 Å². The number of furan rings is 1. The minimum Gasteiger partial charge on any atom is -0.467 e. The minimum atomic E-state index is -0.847. The van der Waals surface area contributed by atoms with E-state index in [2.05, 4.69) is 4.98 Å². The molecule has 3 N–H and O–H groups in total. The van der Waals surface area contributed by atoms with Gasteiger partial charge in [0, 0.05) is 24.2 Å². The van der Waals surface area contributed by atoms with Gasteiger partial charge in [-0.25, -0.2) is 4.79 Å². The summed E-state index contributed by atoms with van der Waals surface area (Å²) in [6.07, 6.45) is 2.82. The number of anilines is 2. The number of H-pyrrole nitrogens is 1. The van der Waals surface area contributed by atoms with Gasteiger partial charge in [-0.1, -0.05) is 19.4 Å². The number of nitro benzene ring substituents is 1. The molecule has 0 aliphatic heterocycles. The lowest BCUT2D eigenvalue weighted by Gasteiger charge is -2.23. The molecule has 1 amide bonds. The Bertz CT molecular complexity index is 1210. The summed E-state index contributed by atoms with van der Waals surface area (Å²) in [6, 6.07) is 8.33. The number of hydrogen-bond acceptors (Lipinski definition) is 7. The summed E-state index contributed by atoms with van der Waals surface area (Å²) in [7, 11) is 0. The highest BCUT2D eigenvalue weighted by atomic mass is 16.6. The van der Waals surface area contributed by atoms with Crippen molar-refractivity contribution >= 4 is 23.1 Å². The second kappa shape index (κ2) is 9.11. The van der Waals surface area contributed by atoms with Gasteiger partial charge in [0.25, 0.3) is 17.2 Å². The average Bonchev–Trinajstić information content (AvgIpc) is 3.25. The lowest BCUT2D eigenvalue weighted by atomic mass is 10.1. The third-order valence-corrected chi connectivity index (χ3v) is 4.66. The molecule has 0 saturated heterocycles. The molecule has 0 bridgehead atoms. The standard InChI is InChI=1S/C20H21N5O6/c1-2-3-9-23-17(21)16(18(26)22-20(23)28)24(12-15-8-5-10-31-15)19(27)13-6-4-7-14(11-13)25(29)30/h4-8,10-11H,2-3,9,12,21H2,1H3,(H,22,26,28). The van der Waals surface area contributed by atoms with Crippen molar-refractivity contribution in [3.8, 4) is 0 Å². The molecule has 2 aromatic heterocycles. The zero-order valence-electron chi connectivity index (χ0n) is 16.7. The summed E-state index contributed by atoms with van der Waals surface area (Å²) in [5.41, 5.74) is 4.10. The first-order chi connectivity index (χ1) is 14.8. The number of rotatable bonds is 8. The molecule has 0 aliphatic carbocycles. The van der Waals surface area contributed by atoms with Gasteiger partial charge in [-0.15, -0.1) is 0 Å². The quantitative estimate of drug-likeness (QED) is 0.412. The molecule has 0 aliphatic rings. The molecule has 2 heterocycles. The number of carbonyl (C=O) groups excluding carboxylic acids is 1. The maximum Gasteiger partial charge on any atom is 0.330 e. The van der Waals surface area contributed by atoms with Crippen molar-refractivity contribution in [2.75, 3.05) is 10.6 Å². The Morgan fingerprint density at radius 1 is 1.29 bits per heavy atom. The van der Waals surface area contributed by atoms with Crippen LogP contribution in [-0.2, 0) is 13.1 Å². The van der Waals surface area contributed by atoms with Gasteiger partial charge in [-0.3, -0.25) is 34.2 Å². The van der Waals surface area contributed by atoms with Crippen molar-refractivity contribution in [3.63, 3.8) is 0 Å². The number of carbonyl (C=O) groups is 1. The van der Waals surface area contributed by atoms with Gasteiger partial charge >= 0.3 is 5.69 Å². The second-order valence-corrected chi connectivity index (χ2v) is 6.78. The molecule has 1 aromatic carbocycles. The van der Waals surface area contributed by atoms with Crippen LogP contribution in [-0.4, -0.2) is 20.4 Å². The number of nitrogen functional groups attached to an aromatic ring is 1. The van der Waals surface area contributed by atoms with Crippen molar-refractivity contribution in [2.45, 2.75) is 32.9 Å². The maximum absolute atomic E-state index is 13.3. The molecule has 0 unspecified atom stereocenters. The number of nitrogens with one attached hydrogen (secondary N) is 1. The van der Waals surface area contributed by atoms with Crippen LogP contribution in [0.4, 0.5) is 17.2 Å². The van der Waals surface area contributed by atoms with Crippen LogP contribution in [0.1, 0.15) is 35.9 Å². The van der Waals surface area contributed by atoms with E-state index >= 15 is 0 Å². The van der Waals surface area contributed by atoms with Crippen molar-refractivity contribution in [3.05, 3.63) is 84.9 Å². The fraction of sp³-hybridized carbons (Fsp3) is 0.250. The summed E-state index contributed by atoms with van der Waals surface area (Å²) < 4.78 is 6.50. The van der Waals surface area contributed by atoms with E-state index in [-0.39, 0.29) is 35.8 Å². The molecule has 11 nitrogen and oxygen atoms in total. The molecule has 31 heavy (non-hydrogen) atoms. The number of benzene rings is 1. The van der Waals surface area contributed by atoms with Crippen molar-refractivity contribution in [1.29, 1.82) is 0 Å². The number of nitrogens with two attached hydrogens (primary N) is 1. The Morgan fingerprint density at radius 3 is 2.71 bits per heavy atom. The summed E-state index contributed by atoms with van der Waals surface area (Å²) in [5, 5.41) is 11.1. The van der Waals surface area contributed by atoms with Crippen molar-refractivity contribution < 1.29 is 14.1 Å². The highest BCUT2D eigenvalue weighted by Crippen LogP contribution is 2.24. The number of unbranched alkanes of at least 4 members (excludes halogenated alkanes) is 1. The van der Waals surface area contributed by atoms with Crippen LogP contribution in [0.25, 0.3) is 0 Å². The number of non-ortho nitro benzene ring substituents is 1. The molecule has 3 rings (SSSR count). The van der Waals surface area contributed by atoms with E-state index in [9.17, 15) is 24.5 Å². The number of hydrogen-bond donors (Lipinski definition) is 2. The van der Waals surface area contributed by atoms with Gasteiger partial charge in [-0.05, 0) is 24.6 Å². The van der Waals surface area contributed by atoms with E-state index < -0.39 is 22.1 Å². The number of aromatic nitrogens is 2. The molecule has 162 valence electrons. The monoisotopic (exact) mass is 427 g/mol. The van der Waals surface area contributed by atoms with Crippen LogP contribution in [0.2, 0.25) is 0 Å². The van der Waals surface area contributed by atoms with Crippen molar-refractivity contribution in [2.24, 2.45) is 0 Å². The third kappa shape index (κ3) is 4.55. The van der Waals surface area contributed by atoms with E-state index in [0.717, 1.165) is 17.4 Å². The predicted molar refractivity (Wildman–Crippen MR) is 113 cm³/mol. The van der Waals surface area contributed by atoms with E-state index in [1.165, 1.54) is 29.0 Å². The lowest BCUT2D eigenvalue weighted by molar-refractivity contribution is -0.384. The highest BCUT2D eigenvalue weighted by Gasteiger charge is 2.27. The van der Waals surface area contributed by atoms with Gasteiger partial charge in [-0.2, -0.15) is 0 Å². The molecule has 0 saturated carbocycles. The fourth-order valence-corrected chi connectivity index (χ4v) is 3.10. The third-order valence-electron chi connectivity index (χ3n) is 4.66. The smallest absolute Gasteiger partial charge is 0.330 e. The lowest BCUT2D eigenvalue weighted by Crippen LogP contribution is -2.41. The average molecular weight is 427 g/mol. The number of aromatic amines is 1. The van der Waals surface area contributed by atoms with Gasteiger partial charge in [0.05, 0.1) is 17.7 Å². The van der Waals surface area contributed by atoms with Gasteiger partial charge in [0.2, 0.25) is 0 Å². The second-order valence-electron chi connectivity index (χ2n) is 6.78. The number of nitrogens with zero attached hydrogens (tertiary/aromatic N) is 3. The van der Waals surface area contributed by atoms with E-state index in [1.54, 1.807) is 12.1 Å². The first-order valence-corrected chi connectivity index (χ1v) is 9.54. The zero-order chi connectivity index (χ0) is 22.5. The number of amides is 1. The molecular weight excluding hydrogens is 406 g/mol. The van der Waals surface area contributed by atoms with E-state index in [4.69, 9.17) is 10.2 Å². The van der Waals surface area contributed by atoms with Gasteiger partial charge in [0.15, 0.2) is 5.69 Å². The molecule has 11 heteroatoms. The summed E-state index contributed by atoms with van der Waals surface area (Å²) in [5.74, 6) is -0.533.